The Morgan fingerprint density at radius 1 is 1.16 bits per heavy atom. The lowest BCUT2D eigenvalue weighted by molar-refractivity contribution is -0.134. The molecule has 0 atom stereocenters. The number of piperazine rings is 1. The van der Waals surface area contributed by atoms with E-state index in [1.165, 1.54) is 0 Å². The van der Waals surface area contributed by atoms with Crippen LogP contribution in [-0.2, 0) is 4.79 Å². The minimum absolute atomic E-state index is 0.0225. The Morgan fingerprint density at radius 3 is 2.58 bits per heavy atom. The average molecular weight is 422 g/mol. The zero-order valence-corrected chi connectivity index (χ0v) is 18.1. The molecule has 162 valence electrons. The number of amides is 1. The number of ketones is 1. The van der Waals surface area contributed by atoms with Crippen molar-refractivity contribution in [1.29, 1.82) is 0 Å². The highest BCUT2D eigenvalue weighted by Gasteiger charge is 2.26. The number of rotatable bonds is 4. The average Bonchev–Trinajstić information content (AvgIpc) is 3.20. The van der Waals surface area contributed by atoms with E-state index >= 15 is 0 Å². The first-order chi connectivity index (χ1) is 14.8. The molecule has 8 heteroatoms. The fraction of sp³-hybridized carbons (Fsp3) is 0.391. The number of nitrogens with zero attached hydrogens (tertiary/aromatic N) is 4. The van der Waals surface area contributed by atoms with E-state index in [2.05, 4.69) is 20.9 Å². The third-order valence-corrected chi connectivity index (χ3v) is 5.58. The van der Waals surface area contributed by atoms with E-state index in [4.69, 9.17) is 10.1 Å². The summed E-state index contributed by atoms with van der Waals surface area (Å²) >= 11 is 0. The number of aromatic amines is 1. The van der Waals surface area contributed by atoms with Gasteiger partial charge in [0, 0.05) is 49.0 Å². The molecular formula is C23H27N5O3. The van der Waals surface area contributed by atoms with Gasteiger partial charge >= 0.3 is 0 Å². The summed E-state index contributed by atoms with van der Waals surface area (Å²) in [5, 5.41) is 9.05. The number of hydrogen-bond acceptors (Lipinski definition) is 6. The van der Waals surface area contributed by atoms with Crippen molar-refractivity contribution < 1.29 is 14.7 Å². The molecule has 8 nitrogen and oxygen atoms in total. The number of benzene rings is 1. The number of carbonyl (C=O) groups excluding carboxylic acids is 2. The number of fused-ring (bicyclic) bond motifs is 1. The van der Waals surface area contributed by atoms with Gasteiger partial charge in [0.2, 0.25) is 5.91 Å². The second kappa shape index (κ2) is 8.11. The van der Waals surface area contributed by atoms with E-state index in [0.29, 0.717) is 48.6 Å². The molecule has 4 rings (SSSR count). The second-order valence-electron chi connectivity index (χ2n) is 8.81. The van der Waals surface area contributed by atoms with Gasteiger partial charge in [-0.3, -0.25) is 9.59 Å². The lowest BCUT2D eigenvalue weighted by Gasteiger charge is -2.36. The molecule has 2 N–H and O–H groups in total. The normalized spacial score (nSPS) is 14.8. The molecule has 1 fully saturated rings. The third-order valence-electron chi connectivity index (χ3n) is 5.58. The maximum absolute atomic E-state index is 12.8. The Hall–Kier alpha value is -3.26. The summed E-state index contributed by atoms with van der Waals surface area (Å²) in [5.74, 6) is -0.210. The Balaban J connectivity index is 1.61. The number of aliphatic hydroxyl groups is 1. The largest absolute Gasteiger partial charge is 0.387 e. The lowest BCUT2D eigenvalue weighted by atomic mass is 9.87. The van der Waals surface area contributed by atoms with Gasteiger partial charge in [0.25, 0.3) is 0 Å². The van der Waals surface area contributed by atoms with E-state index in [1.807, 2.05) is 39.0 Å². The molecule has 3 aromatic rings. The molecule has 0 spiro atoms. The summed E-state index contributed by atoms with van der Waals surface area (Å²) in [6.45, 7) is 7.78. The van der Waals surface area contributed by atoms with Crippen LogP contribution in [-0.4, -0.2) is 69.4 Å². The van der Waals surface area contributed by atoms with Crippen molar-refractivity contribution in [2.24, 2.45) is 5.41 Å². The van der Waals surface area contributed by atoms with E-state index < -0.39 is 12.0 Å². The van der Waals surface area contributed by atoms with Crippen LogP contribution in [0.15, 0.2) is 36.7 Å². The van der Waals surface area contributed by atoms with Crippen LogP contribution in [0.25, 0.3) is 22.4 Å². The molecule has 1 aliphatic heterocycles. The highest BCUT2D eigenvalue weighted by atomic mass is 16.3. The number of hydrogen-bond donors (Lipinski definition) is 2. The Labute approximate surface area is 180 Å². The molecule has 0 radical (unpaired) electrons. The van der Waals surface area contributed by atoms with E-state index in [-0.39, 0.29) is 11.7 Å². The molecule has 1 aromatic carbocycles. The van der Waals surface area contributed by atoms with Crippen LogP contribution < -0.4 is 4.90 Å². The lowest BCUT2D eigenvalue weighted by Crippen LogP contribution is -2.49. The minimum Gasteiger partial charge on any atom is -0.387 e. The van der Waals surface area contributed by atoms with Crippen molar-refractivity contribution in [3.63, 3.8) is 0 Å². The first kappa shape index (κ1) is 21.0. The van der Waals surface area contributed by atoms with E-state index in [1.54, 1.807) is 17.3 Å². The van der Waals surface area contributed by atoms with E-state index in [9.17, 15) is 9.59 Å². The third kappa shape index (κ3) is 4.16. The van der Waals surface area contributed by atoms with Gasteiger partial charge in [0.1, 0.15) is 12.1 Å². The van der Waals surface area contributed by atoms with Gasteiger partial charge in [-0.15, -0.1) is 0 Å². The number of aliphatic hydroxyl groups excluding tert-OH is 1. The van der Waals surface area contributed by atoms with Crippen LogP contribution in [0.2, 0.25) is 0 Å². The molecule has 0 unspecified atom stereocenters. The van der Waals surface area contributed by atoms with Gasteiger partial charge < -0.3 is 19.9 Å². The maximum atomic E-state index is 12.8. The van der Waals surface area contributed by atoms with Crippen LogP contribution in [0.4, 0.5) is 5.69 Å². The predicted octanol–water partition coefficient (Wildman–Crippen LogP) is 2.49. The number of Topliss-reactive ketones (excluding diaryl/α,β-unsaturated/α-hetero) is 1. The molecule has 1 amide bonds. The Bertz CT molecular complexity index is 1120. The van der Waals surface area contributed by atoms with E-state index in [0.717, 1.165) is 11.3 Å². The van der Waals surface area contributed by atoms with Crippen LogP contribution in [0.5, 0.6) is 0 Å². The highest BCUT2D eigenvalue weighted by molar-refractivity contribution is 6.08. The first-order valence-corrected chi connectivity index (χ1v) is 10.4. The number of anilines is 1. The zero-order chi connectivity index (χ0) is 22.2. The number of H-pyrrole nitrogens is 1. The van der Waals surface area contributed by atoms with Crippen molar-refractivity contribution in [1.82, 2.24) is 19.9 Å². The van der Waals surface area contributed by atoms with Crippen molar-refractivity contribution >= 4 is 28.5 Å². The van der Waals surface area contributed by atoms with Gasteiger partial charge in [-0.1, -0.05) is 32.9 Å². The van der Waals surface area contributed by atoms with Crippen LogP contribution >= 0.6 is 0 Å². The maximum Gasteiger partial charge on any atom is 0.248 e. The molecule has 0 bridgehead atoms. The molecule has 0 saturated carbocycles. The summed E-state index contributed by atoms with van der Waals surface area (Å²) in [7, 11) is 0. The van der Waals surface area contributed by atoms with Crippen LogP contribution in [0, 0.1) is 5.41 Å². The molecule has 2 aromatic heterocycles. The zero-order valence-electron chi connectivity index (χ0n) is 18.1. The number of carbonyl (C=O) groups is 2. The van der Waals surface area contributed by atoms with Crippen molar-refractivity contribution in [2.75, 3.05) is 37.7 Å². The summed E-state index contributed by atoms with van der Waals surface area (Å²) in [5.41, 5.74) is 3.87. The molecular weight excluding hydrogens is 394 g/mol. The number of nitrogens with one attached hydrogen (secondary N) is 1. The van der Waals surface area contributed by atoms with Crippen molar-refractivity contribution in [3.8, 4) is 11.3 Å². The quantitative estimate of drug-likeness (QED) is 0.628. The molecule has 31 heavy (non-hydrogen) atoms. The monoisotopic (exact) mass is 421 g/mol. The fourth-order valence-electron chi connectivity index (χ4n) is 3.78. The van der Waals surface area contributed by atoms with Gasteiger partial charge in [-0.25, -0.2) is 9.97 Å². The molecule has 1 saturated heterocycles. The van der Waals surface area contributed by atoms with Gasteiger partial charge in [0.15, 0.2) is 11.4 Å². The summed E-state index contributed by atoms with van der Waals surface area (Å²) in [4.78, 5) is 40.7. The summed E-state index contributed by atoms with van der Waals surface area (Å²) in [6, 6.07) is 8.03. The van der Waals surface area contributed by atoms with Gasteiger partial charge in [-0.05, 0) is 12.1 Å². The van der Waals surface area contributed by atoms with Crippen molar-refractivity contribution in [3.05, 3.63) is 42.2 Å². The van der Waals surface area contributed by atoms with Crippen LogP contribution in [0.3, 0.4) is 0 Å². The fourth-order valence-corrected chi connectivity index (χ4v) is 3.78. The second-order valence-corrected chi connectivity index (χ2v) is 8.81. The van der Waals surface area contributed by atoms with Gasteiger partial charge in [0.05, 0.1) is 17.5 Å². The molecule has 3 heterocycles. The summed E-state index contributed by atoms with van der Waals surface area (Å²) < 4.78 is 0. The Morgan fingerprint density at radius 2 is 1.90 bits per heavy atom. The molecule has 0 aliphatic carbocycles. The number of aromatic nitrogens is 3. The van der Waals surface area contributed by atoms with Crippen LogP contribution in [0.1, 0.15) is 31.1 Å². The first-order valence-electron chi connectivity index (χ1n) is 10.4. The summed E-state index contributed by atoms with van der Waals surface area (Å²) in [6.07, 6.45) is 3.40. The highest BCUT2D eigenvalue weighted by Crippen LogP contribution is 2.28. The minimum atomic E-state index is -0.508. The smallest absolute Gasteiger partial charge is 0.248 e. The van der Waals surface area contributed by atoms with Gasteiger partial charge in [-0.2, -0.15) is 0 Å². The topological polar surface area (TPSA) is 102 Å². The standard InChI is InChI=1S/C23H27N5O3/c1-23(2,3)21(31)17-12-24-22-20(17)26-18(13-25-22)15-5-4-6-16(11-15)27-7-9-28(10-8-27)19(30)14-29/h4-6,11-13,29H,7-10,14H2,1-3H3,(H,24,25). The Kier molecular flexibility index (Phi) is 5.49. The SMILES string of the molecule is CC(C)(C)C(=O)c1c[nH]c2ncc(-c3cccc(N4CCN(C(=O)CO)CC4)c3)nc12. The molecule has 1 aliphatic rings. The van der Waals surface area contributed by atoms with Crippen molar-refractivity contribution in [2.45, 2.75) is 20.8 Å². The predicted molar refractivity (Wildman–Crippen MR) is 119 cm³/mol.